The van der Waals surface area contributed by atoms with Crippen LogP contribution in [0.2, 0.25) is 0 Å². The Balaban J connectivity index is 2.20. The number of imide groups is 1. The molecular formula is C12H16N2O2S. The zero-order valence-corrected chi connectivity index (χ0v) is 10.5. The molecule has 4 nitrogen and oxygen atoms in total. The monoisotopic (exact) mass is 252 g/mol. The fourth-order valence-corrected chi connectivity index (χ4v) is 2.30. The number of urea groups is 1. The Morgan fingerprint density at radius 1 is 1.41 bits per heavy atom. The number of carbonyl (C=O) groups excluding carboxylic acids is 2. The Labute approximate surface area is 105 Å². The number of carbonyl (C=O) groups is 2. The number of rotatable bonds is 5. The number of amides is 3. The number of nitrogens with one attached hydrogen (secondary N) is 1. The minimum Gasteiger partial charge on any atom is -0.351 e. The standard InChI is InChI=1S/C12H16N2O2S/c1-9-4-2-5-10(8-9)17-7-3-6-11(15)14-12(13)16/h2,4-5,8H,3,6-7H2,1H3,(H3,13,14,15,16). The van der Waals surface area contributed by atoms with Gasteiger partial charge in [-0.2, -0.15) is 0 Å². The Morgan fingerprint density at radius 3 is 2.82 bits per heavy atom. The van der Waals surface area contributed by atoms with Crippen molar-refractivity contribution in [1.82, 2.24) is 5.32 Å². The van der Waals surface area contributed by atoms with E-state index in [9.17, 15) is 9.59 Å². The highest BCUT2D eigenvalue weighted by molar-refractivity contribution is 7.99. The first-order valence-corrected chi connectivity index (χ1v) is 6.35. The first-order valence-electron chi connectivity index (χ1n) is 5.36. The topological polar surface area (TPSA) is 72.2 Å². The number of aryl methyl sites for hydroxylation is 1. The molecule has 3 N–H and O–H groups in total. The second kappa shape index (κ2) is 6.96. The molecule has 0 aliphatic heterocycles. The van der Waals surface area contributed by atoms with Crippen LogP contribution < -0.4 is 11.1 Å². The fraction of sp³-hybridized carbons (Fsp3) is 0.333. The van der Waals surface area contributed by atoms with Crippen molar-refractivity contribution in [2.75, 3.05) is 5.75 Å². The highest BCUT2D eigenvalue weighted by Gasteiger charge is 2.03. The number of thioether (sulfide) groups is 1. The number of hydrogen-bond donors (Lipinski definition) is 2. The molecule has 1 aromatic carbocycles. The molecule has 0 saturated heterocycles. The highest BCUT2D eigenvalue weighted by Crippen LogP contribution is 2.19. The molecule has 0 unspecified atom stereocenters. The lowest BCUT2D eigenvalue weighted by atomic mass is 10.2. The molecule has 0 bridgehead atoms. The van der Waals surface area contributed by atoms with Crippen molar-refractivity contribution >= 4 is 23.7 Å². The van der Waals surface area contributed by atoms with Gasteiger partial charge in [0.15, 0.2) is 0 Å². The molecule has 0 atom stereocenters. The van der Waals surface area contributed by atoms with Gasteiger partial charge < -0.3 is 5.73 Å². The molecular weight excluding hydrogens is 236 g/mol. The second-order valence-electron chi connectivity index (χ2n) is 3.68. The lowest BCUT2D eigenvalue weighted by molar-refractivity contribution is -0.119. The van der Waals surface area contributed by atoms with Gasteiger partial charge in [0, 0.05) is 11.3 Å². The third-order valence-corrected chi connectivity index (χ3v) is 3.15. The quantitative estimate of drug-likeness (QED) is 0.622. The van der Waals surface area contributed by atoms with Crippen molar-refractivity contribution in [3.8, 4) is 0 Å². The van der Waals surface area contributed by atoms with Crippen molar-refractivity contribution in [3.63, 3.8) is 0 Å². The van der Waals surface area contributed by atoms with Gasteiger partial charge in [-0.05, 0) is 31.2 Å². The second-order valence-corrected chi connectivity index (χ2v) is 4.85. The maximum atomic E-state index is 11.1. The molecule has 0 radical (unpaired) electrons. The van der Waals surface area contributed by atoms with E-state index >= 15 is 0 Å². The molecule has 0 heterocycles. The van der Waals surface area contributed by atoms with Crippen molar-refractivity contribution in [2.24, 2.45) is 5.73 Å². The summed E-state index contributed by atoms with van der Waals surface area (Å²) in [4.78, 5) is 22.7. The van der Waals surface area contributed by atoms with Crippen molar-refractivity contribution in [2.45, 2.75) is 24.7 Å². The summed E-state index contributed by atoms with van der Waals surface area (Å²) < 4.78 is 0. The summed E-state index contributed by atoms with van der Waals surface area (Å²) in [5.74, 6) is 0.526. The molecule has 3 amide bonds. The molecule has 1 rings (SSSR count). The Morgan fingerprint density at radius 2 is 2.18 bits per heavy atom. The van der Waals surface area contributed by atoms with Gasteiger partial charge in [0.05, 0.1) is 0 Å². The van der Waals surface area contributed by atoms with Gasteiger partial charge >= 0.3 is 6.03 Å². The van der Waals surface area contributed by atoms with E-state index in [1.807, 2.05) is 30.4 Å². The Bertz CT molecular complexity index is 407. The lowest BCUT2D eigenvalue weighted by Gasteiger charge is -2.03. The zero-order valence-electron chi connectivity index (χ0n) is 9.73. The van der Waals surface area contributed by atoms with Gasteiger partial charge in [-0.25, -0.2) is 4.79 Å². The van der Waals surface area contributed by atoms with Gasteiger partial charge in [-0.1, -0.05) is 17.7 Å². The van der Waals surface area contributed by atoms with E-state index in [-0.39, 0.29) is 5.91 Å². The molecule has 0 aliphatic rings. The molecule has 0 spiro atoms. The van der Waals surface area contributed by atoms with Crippen LogP contribution in [0.4, 0.5) is 4.79 Å². The third-order valence-electron chi connectivity index (χ3n) is 2.07. The molecule has 1 aromatic rings. The Hall–Kier alpha value is -1.49. The predicted molar refractivity (Wildman–Crippen MR) is 68.9 cm³/mol. The van der Waals surface area contributed by atoms with E-state index in [0.29, 0.717) is 6.42 Å². The molecule has 0 aromatic heterocycles. The van der Waals surface area contributed by atoms with E-state index < -0.39 is 6.03 Å². The van der Waals surface area contributed by atoms with Crippen LogP contribution in [0, 0.1) is 6.92 Å². The SMILES string of the molecule is Cc1cccc(SCCCC(=O)NC(N)=O)c1. The largest absolute Gasteiger partial charge is 0.351 e. The smallest absolute Gasteiger partial charge is 0.318 e. The lowest BCUT2D eigenvalue weighted by Crippen LogP contribution is -2.34. The first kappa shape index (κ1) is 13.6. The van der Waals surface area contributed by atoms with Crippen molar-refractivity contribution in [1.29, 1.82) is 0 Å². The zero-order chi connectivity index (χ0) is 12.7. The first-order chi connectivity index (χ1) is 8.08. The van der Waals surface area contributed by atoms with E-state index in [0.717, 1.165) is 12.2 Å². The van der Waals surface area contributed by atoms with Gasteiger partial charge in [0.25, 0.3) is 0 Å². The van der Waals surface area contributed by atoms with Crippen LogP contribution >= 0.6 is 11.8 Å². The number of hydrogen-bond acceptors (Lipinski definition) is 3. The van der Waals surface area contributed by atoms with Crippen LogP contribution in [0.15, 0.2) is 29.2 Å². The summed E-state index contributed by atoms with van der Waals surface area (Å²) in [6.07, 6.45) is 1.04. The highest BCUT2D eigenvalue weighted by atomic mass is 32.2. The van der Waals surface area contributed by atoms with Gasteiger partial charge in [-0.15, -0.1) is 11.8 Å². The minimum atomic E-state index is -0.790. The molecule has 92 valence electrons. The average molecular weight is 252 g/mol. The van der Waals surface area contributed by atoms with Crippen LogP contribution in [0.25, 0.3) is 0 Å². The van der Waals surface area contributed by atoms with Crippen molar-refractivity contribution < 1.29 is 9.59 Å². The van der Waals surface area contributed by atoms with Crippen LogP contribution in [0.1, 0.15) is 18.4 Å². The van der Waals surface area contributed by atoms with Gasteiger partial charge in [0.1, 0.15) is 0 Å². The van der Waals surface area contributed by atoms with E-state index in [1.165, 1.54) is 10.5 Å². The van der Waals surface area contributed by atoms with Gasteiger partial charge in [-0.3, -0.25) is 10.1 Å². The molecule has 5 heteroatoms. The number of benzene rings is 1. The summed E-state index contributed by atoms with van der Waals surface area (Å²) in [6, 6.07) is 7.42. The number of primary amides is 1. The van der Waals surface area contributed by atoms with E-state index in [4.69, 9.17) is 5.73 Å². The van der Waals surface area contributed by atoms with Crippen LogP contribution in [0.5, 0.6) is 0 Å². The maximum Gasteiger partial charge on any atom is 0.318 e. The fourth-order valence-electron chi connectivity index (χ4n) is 1.33. The average Bonchev–Trinajstić information content (AvgIpc) is 2.23. The predicted octanol–water partition coefficient (Wildman–Crippen LogP) is 2.06. The van der Waals surface area contributed by atoms with Crippen molar-refractivity contribution in [3.05, 3.63) is 29.8 Å². The summed E-state index contributed by atoms with van der Waals surface area (Å²) in [5, 5.41) is 2.04. The molecule has 0 aliphatic carbocycles. The summed E-state index contributed by atoms with van der Waals surface area (Å²) in [5.41, 5.74) is 6.05. The summed E-state index contributed by atoms with van der Waals surface area (Å²) in [6.45, 7) is 2.05. The number of nitrogens with two attached hydrogens (primary N) is 1. The van der Waals surface area contributed by atoms with E-state index in [1.54, 1.807) is 11.8 Å². The maximum absolute atomic E-state index is 11.1. The Kier molecular flexibility index (Phi) is 5.56. The van der Waals surface area contributed by atoms with Gasteiger partial charge in [0.2, 0.25) is 5.91 Å². The molecule has 0 saturated carbocycles. The van der Waals surface area contributed by atoms with Crippen LogP contribution in [-0.4, -0.2) is 17.7 Å². The summed E-state index contributed by atoms with van der Waals surface area (Å²) in [7, 11) is 0. The molecule has 0 fully saturated rings. The minimum absolute atomic E-state index is 0.317. The van der Waals surface area contributed by atoms with Crippen LogP contribution in [0.3, 0.4) is 0 Å². The molecule has 17 heavy (non-hydrogen) atoms. The third kappa shape index (κ3) is 5.97. The normalized spacial score (nSPS) is 9.94. The van der Waals surface area contributed by atoms with Crippen LogP contribution in [-0.2, 0) is 4.79 Å². The summed E-state index contributed by atoms with van der Waals surface area (Å²) >= 11 is 1.70. The van der Waals surface area contributed by atoms with E-state index in [2.05, 4.69) is 6.07 Å².